The fourth-order valence-electron chi connectivity index (χ4n) is 2.84. The van der Waals surface area contributed by atoms with Gasteiger partial charge in [-0.1, -0.05) is 0 Å². The number of nitrogens with zero attached hydrogens (tertiary/aromatic N) is 1. The minimum absolute atomic E-state index is 0.0398. The maximum Gasteiger partial charge on any atom is 0.229 e. The van der Waals surface area contributed by atoms with Crippen molar-refractivity contribution < 1.29 is 14.3 Å². The van der Waals surface area contributed by atoms with Gasteiger partial charge in [0.15, 0.2) is 10.9 Å². The summed E-state index contributed by atoms with van der Waals surface area (Å²) in [6, 6.07) is 0. The second-order valence-electron chi connectivity index (χ2n) is 5.53. The molecule has 1 spiro atoms. The quantitative estimate of drug-likeness (QED) is 0.911. The molecule has 1 aromatic heterocycles. The van der Waals surface area contributed by atoms with Gasteiger partial charge in [-0.05, 0) is 26.7 Å². The van der Waals surface area contributed by atoms with Crippen LogP contribution in [0.4, 0.5) is 5.13 Å². The number of hydrogen-bond donors (Lipinski definition) is 1. The molecule has 1 saturated carbocycles. The molecule has 0 radical (unpaired) electrons. The Bertz CT molecular complexity index is 479. The number of ether oxygens (including phenoxy) is 2. The molecule has 0 bridgehead atoms. The van der Waals surface area contributed by atoms with E-state index >= 15 is 0 Å². The summed E-state index contributed by atoms with van der Waals surface area (Å²) in [7, 11) is 0. The Morgan fingerprint density at radius 1 is 1.30 bits per heavy atom. The number of carbonyl (C=O) groups excluding carboxylic acids is 1. The van der Waals surface area contributed by atoms with E-state index in [0.717, 1.165) is 36.3 Å². The predicted octanol–water partition coefficient (Wildman–Crippen LogP) is 2.63. The zero-order chi connectivity index (χ0) is 14.2. The first-order chi connectivity index (χ1) is 9.58. The lowest BCUT2D eigenvalue weighted by Gasteiger charge is -2.34. The van der Waals surface area contributed by atoms with Gasteiger partial charge in [0.05, 0.1) is 18.9 Å². The average Bonchev–Trinajstić information content (AvgIpc) is 2.99. The lowest BCUT2D eigenvalue weighted by atomic mass is 9.84. The summed E-state index contributed by atoms with van der Waals surface area (Å²) in [5, 5.41) is 3.65. The van der Waals surface area contributed by atoms with Crippen LogP contribution in [0.15, 0.2) is 0 Å². The molecular formula is C14H20N2O3S. The molecule has 1 aromatic rings. The van der Waals surface area contributed by atoms with Gasteiger partial charge < -0.3 is 14.8 Å². The molecule has 1 amide bonds. The number of rotatable bonds is 2. The third-order valence-corrected chi connectivity index (χ3v) is 5.18. The van der Waals surface area contributed by atoms with Crippen LogP contribution in [-0.4, -0.2) is 29.9 Å². The molecule has 0 unspecified atom stereocenters. The molecule has 0 atom stereocenters. The molecule has 20 heavy (non-hydrogen) atoms. The van der Waals surface area contributed by atoms with E-state index in [2.05, 4.69) is 10.3 Å². The van der Waals surface area contributed by atoms with Gasteiger partial charge in [-0.25, -0.2) is 4.98 Å². The Hall–Kier alpha value is -0.980. The highest BCUT2D eigenvalue weighted by Crippen LogP contribution is 2.38. The Morgan fingerprint density at radius 3 is 2.50 bits per heavy atom. The SMILES string of the molecule is Cc1nc(NC(=O)C2CCC3(CC2)OCCO3)sc1C. The molecule has 5 nitrogen and oxygen atoms in total. The number of aryl methyl sites for hydroxylation is 2. The number of thiazole rings is 1. The van der Waals surface area contributed by atoms with Crippen molar-refractivity contribution in [1.29, 1.82) is 0 Å². The van der Waals surface area contributed by atoms with Crippen LogP contribution in [-0.2, 0) is 14.3 Å². The highest BCUT2D eigenvalue weighted by Gasteiger charge is 2.41. The van der Waals surface area contributed by atoms with E-state index in [1.54, 1.807) is 0 Å². The molecule has 1 saturated heterocycles. The van der Waals surface area contributed by atoms with Gasteiger partial charge in [-0.2, -0.15) is 0 Å². The maximum absolute atomic E-state index is 12.3. The predicted molar refractivity (Wildman–Crippen MR) is 76.8 cm³/mol. The number of hydrogen-bond acceptors (Lipinski definition) is 5. The average molecular weight is 296 g/mol. The maximum atomic E-state index is 12.3. The smallest absolute Gasteiger partial charge is 0.229 e. The van der Waals surface area contributed by atoms with E-state index in [1.807, 2.05) is 13.8 Å². The monoisotopic (exact) mass is 296 g/mol. The van der Waals surface area contributed by atoms with Crippen molar-refractivity contribution in [2.75, 3.05) is 18.5 Å². The Kier molecular flexibility index (Phi) is 3.79. The topological polar surface area (TPSA) is 60.5 Å². The minimum atomic E-state index is -0.398. The standard InChI is InChI=1S/C14H20N2O3S/c1-9-10(2)20-13(15-9)16-12(17)11-3-5-14(6-4-11)18-7-8-19-14/h11H,3-8H2,1-2H3,(H,15,16,17). The summed E-state index contributed by atoms with van der Waals surface area (Å²) in [5.74, 6) is -0.282. The first-order valence-corrected chi connectivity index (χ1v) is 7.92. The van der Waals surface area contributed by atoms with Gasteiger partial charge in [-0.3, -0.25) is 4.79 Å². The number of anilines is 1. The van der Waals surface area contributed by atoms with Crippen LogP contribution in [0.3, 0.4) is 0 Å². The third-order valence-electron chi connectivity index (χ3n) is 4.19. The van der Waals surface area contributed by atoms with Crippen molar-refractivity contribution in [3.8, 4) is 0 Å². The first-order valence-electron chi connectivity index (χ1n) is 7.11. The van der Waals surface area contributed by atoms with Crippen molar-refractivity contribution in [3.05, 3.63) is 10.6 Å². The molecule has 3 rings (SSSR count). The van der Waals surface area contributed by atoms with Crippen LogP contribution in [0.1, 0.15) is 36.3 Å². The van der Waals surface area contributed by atoms with Crippen molar-refractivity contribution >= 4 is 22.4 Å². The largest absolute Gasteiger partial charge is 0.348 e. The van der Waals surface area contributed by atoms with Crippen LogP contribution in [0.25, 0.3) is 0 Å². The molecule has 1 aliphatic heterocycles. The molecule has 2 aliphatic rings. The van der Waals surface area contributed by atoms with Crippen LogP contribution in [0, 0.1) is 19.8 Å². The summed E-state index contributed by atoms with van der Waals surface area (Å²) >= 11 is 1.53. The van der Waals surface area contributed by atoms with E-state index in [1.165, 1.54) is 11.3 Å². The molecule has 2 heterocycles. The fourth-order valence-corrected chi connectivity index (χ4v) is 3.66. The number of nitrogens with one attached hydrogen (secondary N) is 1. The Balaban J connectivity index is 1.56. The Morgan fingerprint density at radius 2 is 1.95 bits per heavy atom. The van der Waals surface area contributed by atoms with Gasteiger partial charge in [0, 0.05) is 23.6 Å². The number of amides is 1. The summed E-state index contributed by atoms with van der Waals surface area (Å²) in [5.41, 5.74) is 0.987. The van der Waals surface area contributed by atoms with Crippen LogP contribution >= 0.6 is 11.3 Å². The van der Waals surface area contributed by atoms with Crippen molar-refractivity contribution in [2.24, 2.45) is 5.92 Å². The van der Waals surface area contributed by atoms with Gasteiger partial charge >= 0.3 is 0 Å². The van der Waals surface area contributed by atoms with Crippen LogP contribution in [0.2, 0.25) is 0 Å². The lowest BCUT2D eigenvalue weighted by Crippen LogP contribution is -2.38. The summed E-state index contributed by atoms with van der Waals surface area (Å²) in [6.45, 7) is 5.32. The number of aromatic nitrogens is 1. The molecular weight excluding hydrogens is 276 g/mol. The summed E-state index contributed by atoms with van der Waals surface area (Å²) < 4.78 is 11.4. The van der Waals surface area contributed by atoms with Crippen molar-refractivity contribution in [3.63, 3.8) is 0 Å². The molecule has 0 aromatic carbocycles. The summed E-state index contributed by atoms with van der Waals surface area (Å²) in [6.07, 6.45) is 3.24. The van der Waals surface area contributed by atoms with Gasteiger partial charge in [0.1, 0.15) is 0 Å². The highest BCUT2D eigenvalue weighted by molar-refractivity contribution is 7.15. The van der Waals surface area contributed by atoms with E-state index in [4.69, 9.17) is 9.47 Å². The minimum Gasteiger partial charge on any atom is -0.348 e. The number of carbonyl (C=O) groups is 1. The van der Waals surface area contributed by atoms with E-state index in [9.17, 15) is 4.79 Å². The van der Waals surface area contributed by atoms with Gasteiger partial charge in [0.25, 0.3) is 0 Å². The fraction of sp³-hybridized carbons (Fsp3) is 0.714. The van der Waals surface area contributed by atoms with E-state index in [-0.39, 0.29) is 11.8 Å². The lowest BCUT2D eigenvalue weighted by molar-refractivity contribution is -0.182. The molecule has 1 aliphatic carbocycles. The van der Waals surface area contributed by atoms with Crippen LogP contribution in [0.5, 0.6) is 0 Å². The second kappa shape index (κ2) is 5.42. The zero-order valence-corrected chi connectivity index (χ0v) is 12.7. The second-order valence-corrected chi connectivity index (χ2v) is 6.73. The summed E-state index contributed by atoms with van der Waals surface area (Å²) in [4.78, 5) is 17.8. The van der Waals surface area contributed by atoms with E-state index in [0.29, 0.717) is 18.3 Å². The molecule has 2 fully saturated rings. The molecule has 6 heteroatoms. The zero-order valence-electron chi connectivity index (χ0n) is 11.9. The highest BCUT2D eigenvalue weighted by atomic mass is 32.1. The normalized spacial score (nSPS) is 22.3. The van der Waals surface area contributed by atoms with Gasteiger partial charge in [-0.15, -0.1) is 11.3 Å². The first kappa shape index (κ1) is 14.0. The van der Waals surface area contributed by atoms with Crippen LogP contribution < -0.4 is 5.32 Å². The molecule has 110 valence electrons. The third kappa shape index (κ3) is 2.73. The van der Waals surface area contributed by atoms with Gasteiger partial charge in [0.2, 0.25) is 5.91 Å². The Labute approximate surface area is 122 Å². The van der Waals surface area contributed by atoms with Crippen molar-refractivity contribution in [1.82, 2.24) is 4.98 Å². The molecule has 1 N–H and O–H groups in total. The van der Waals surface area contributed by atoms with Crippen molar-refractivity contribution in [2.45, 2.75) is 45.3 Å². The van der Waals surface area contributed by atoms with E-state index < -0.39 is 5.79 Å².